The van der Waals surface area contributed by atoms with E-state index < -0.39 is 0 Å². The second kappa shape index (κ2) is 7.22. The van der Waals surface area contributed by atoms with Gasteiger partial charge in [-0.3, -0.25) is 0 Å². The molecule has 0 aliphatic carbocycles. The summed E-state index contributed by atoms with van der Waals surface area (Å²) < 4.78 is 21.5. The van der Waals surface area contributed by atoms with Gasteiger partial charge in [-0.2, -0.15) is 5.26 Å². The maximum atomic E-state index is 9.46. The molecule has 0 saturated heterocycles. The third-order valence-corrected chi connectivity index (χ3v) is 4.73. The minimum atomic E-state index is 0.0217. The Morgan fingerprint density at radius 1 is 0.767 bits per heavy atom. The fourth-order valence-corrected chi connectivity index (χ4v) is 3.37. The number of methoxy groups -OCH3 is 4. The van der Waals surface area contributed by atoms with E-state index in [4.69, 9.17) is 25.5 Å². The van der Waals surface area contributed by atoms with Gasteiger partial charge in [-0.05, 0) is 18.2 Å². The summed E-state index contributed by atoms with van der Waals surface area (Å²) in [5, 5.41) is 11.3. The van der Waals surface area contributed by atoms with Crippen molar-refractivity contribution in [2.24, 2.45) is 0 Å². The zero-order valence-electron chi connectivity index (χ0n) is 16.6. The molecule has 0 bridgehead atoms. The van der Waals surface area contributed by atoms with Gasteiger partial charge in [0, 0.05) is 16.2 Å². The fraction of sp³-hybridized carbons (Fsp3) is 0.190. The molecule has 0 spiro atoms. The Morgan fingerprint density at radius 3 is 1.63 bits per heavy atom. The highest BCUT2D eigenvalue weighted by atomic mass is 16.5. The lowest BCUT2D eigenvalue weighted by Crippen LogP contribution is -1.99. The first kappa shape index (κ1) is 19.0. The fourth-order valence-electron chi connectivity index (χ4n) is 3.37. The van der Waals surface area contributed by atoms with Crippen LogP contribution in [0, 0.1) is 17.9 Å². The second-order valence-electron chi connectivity index (χ2n) is 6.17. The van der Waals surface area contributed by atoms with E-state index in [9.17, 15) is 5.26 Å². The van der Waals surface area contributed by atoms with Crippen molar-refractivity contribution in [3.8, 4) is 29.3 Å². The lowest BCUT2D eigenvalue weighted by Gasteiger charge is -2.14. The van der Waals surface area contributed by atoms with Crippen molar-refractivity contribution < 1.29 is 18.9 Å². The Morgan fingerprint density at radius 2 is 1.23 bits per heavy atom. The monoisotopic (exact) mass is 401 g/mol. The van der Waals surface area contributed by atoms with E-state index in [-0.39, 0.29) is 17.3 Å². The minimum absolute atomic E-state index is 0.0217. The van der Waals surface area contributed by atoms with Crippen LogP contribution < -0.4 is 18.9 Å². The predicted octanol–water partition coefficient (Wildman–Crippen LogP) is 3.79. The molecule has 9 nitrogen and oxygen atoms in total. The molecule has 0 radical (unpaired) electrons. The molecule has 0 atom stereocenters. The highest BCUT2D eigenvalue weighted by Crippen LogP contribution is 2.41. The van der Waals surface area contributed by atoms with Crippen LogP contribution in [-0.4, -0.2) is 43.4 Å². The average molecular weight is 401 g/mol. The van der Waals surface area contributed by atoms with Gasteiger partial charge in [0.05, 0.1) is 51.6 Å². The largest absolute Gasteiger partial charge is 0.491 e. The van der Waals surface area contributed by atoms with Crippen LogP contribution in [0.2, 0.25) is 0 Å². The SMILES string of the molecule is [C-]#[N+]c1cc2c(nc1C#N)c1cc(OC)c(OC)nc1c1cc(OC)c(OC)nc21. The van der Waals surface area contributed by atoms with E-state index in [0.29, 0.717) is 50.1 Å². The number of ether oxygens (including phenoxy) is 4. The molecule has 0 saturated carbocycles. The van der Waals surface area contributed by atoms with Crippen LogP contribution in [0.1, 0.15) is 5.69 Å². The molecule has 1 aromatic carbocycles. The summed E-state index contributed by atoms with van der Waals surface area (Å²) in [6.07, 6.45) is 0. The number of aromatic nitrogens is 3. The van der Waals surface area contributed by atoms with Crippen LogP contribution in [0.15, 0.2) is 18.2 Å². The van der Waals surface area contributed by atoms with E-state index in [1.54, 1.807) is 18.2 Å². The van der Waals surface area contributed by atoms with Crippen LogP contribution in [0.3, 0.4) is 0 Å². The van der Waals surface area contributed by atoms with E-state index >= 15 is 0 Å². The summed E-state index contributed by atoms with van der Waals surface area (Å²) in [6, 6.07) is 7.08. The number of rotatable bonds is 4. The molecule has 0 aliphatic rings. The molecule has 9 heteroatoms. The Kier molecular flexibility index (Phi) is 4.57. The summed E-state index contributed by atoms with van der Waals surface area (Å²) in [5.74, 6) is 1.40. The first-order valence-electron chi connectivity index (χ1n) is 8.69. The molecule has 0 aliphatic heterocycles. The molecule has 0 unspecified atom stereocenters. The van der Waals surface area contributed by atoms with E-state index in [2.05, 4.69) is 19.8 Å². The van der Waals surface area contributed by atoms with Crippen molar-refractivity contribution in [2.75, 3.05) is 28.4 Å². The molecule has 0 fully saturated rings. The van der Waals surface area contributed by atoms with E-state index in [1.807, 2.05) is 6.07 Å². The van der Waals surface area contributed by atoms with Gasteiger partial charge in [-0.15, -0.1) is 0 Å². The molecule has 4 rings (SSSR count). The zero-order valence-corrected chi connectivity index (χ0v) is 16.6. The molecule has 148 valence electrons. The van der Waals surface area contributed by atoms with Gasteiger partial charge in [0.15, 0.2) is 11.5 Å². The van der Waals surface area contributed by atoms with Gasteiger partial charge in [0.25, 0.3) is 11.8 Å². The Labute approximate surface area is 171 Å². The Balaban J connectivity index is 2.34. The normalized spacial score (nSPS) is 10.6. The molecule has 3 heterocycles. The first-order valence-corrected chi connectivity index (χ1v) is 8.69. The summed E-state index contributed by atoms with van der Waals surface area (Å²) in [7, 11) is 6.01. The Hall–Kier alpha value is -4.37. The first-order chi connectivity index (χ1) is 14.6. The number of fused-ring (bicyclic) bond motifs is 6. The summed E-state index contributed by atoms with van der Waals surface area (Å²) in [5.41, 5.74) is 1.67. The predicted molar refractivity (Wildman–Crippen MR) is 110 cm³/mol. The third kappa shape index (κ3) is 2.65. The highest BCUT2D eigenvalue weighted by molar-refractivity contribution is 6.23. The van der Waals surface area contributed by atoms with Gasteiger partial charge in [-0.1, -0.05) is 0 Å². The topological polar surface area (TPSA) is 104 Å². The van der Waals surface area contributed by atoms with Gasteiger partial charge in [0.2, 0.25) is 5.69 Å². The van der Waals surface area contributed by atoms with Gasteiger partial charge in [-0.25, -0.2) is 19.8 Å². The van der Waals surface area contributed by atoms with Crippen LogP contribution in [-0.2, 0) is 0 Å². The van der Waals surface area contributed by atoms with Gasteiger partial charge >= 0.3 is 0 Å². The van der Waals surface area contributed by atoms with Crippen LogP contribution >= 0.6 is 0 Å². The molecule has 30 heavy (non-hydrogen) atoms. The molecule has 4 aromatic rings. The summed E-state index contributed by atoms with van der Waals surface area (Å²) in [6.45, 7) is 7.41. The maximum absolute atomic E-state index is 9.46. The lowest BCUT2D eigenvalue weighted by atomic mass is 10.0. The lowest BCUT2D eigenvalue weighted by molar-refractivity contribution is 0.344. The highest BCUT2D eigenvalue weighted by Gasteiger charge is 2.20. The van der Waals surface area contributed by atoms with E-state index in [1.165, 1.54) is 28.4 Å². The van der Waals surface area contributed by atoms with Crippen molar-refractivity contribution >= 4 is 38.4 Å². The smallest absolute Gasteiger partial charge is 0.257 e. The molecule has 0 amide bonds. The van der Waals surface area contributed by atoms with Crippen molar-refractivity contribution in [1.82, 2.24) is 15.0 Å². The molecule has 0 N–H and O–H groups in total. The third-order valence-electron chi connectivity index (χ3n) is 4.73. The summed E-state index contributed by atoms with van der Waals surface area (Å²) >= 11 is 0. The van der Waals surface area contributed by atoms with Crippen molar-refractivity contribution in [3.05, 3.63) is 35.3 Å². The Bertz CT molecular complexity index is 1310. The van der Waals surface area contributed by atoms with Gasteiger partial charge < -0.3 is 18.9 Å². The standard InChI is InChI=1S/C21H15N5O4/c1-23-13-6-10-17(24-14(13)9-22)11-7-15(27-2)21(30-5)26-19(11)12-8-16(28-3)20(29-4)25-18(10)12/h6-8H,2-5H3. The van der Waals surface area contributed by atoms with E-state index in [0.717, 1.165) is 0 Å². The number of pyridine rings is 3. The molecular formula is C21H15N5O4. The minimum Gasteiger partial charge on any atom is -0.491 e. The van der Waals surface area contributed by atoms with Crippen molar-refractivity contribution in [3.63, 3.8) is 0 Å². The van der Waals surface area contributed by atoms with Crippen molar-refractivity contribution in [2.45, 2.75) is 0 Å². The quantitative estimate of drug-likeness (QED) is 0.376. The second-order valence-corrected chi connectivity index (χ2v) is 6.17. The zero-order chi connectivity index (χ0) is 21.4. The maximum Gasteiger partial charge on any atom is 0.257 e. The number of hydrogen-bond acceptors (Lipinski definition) is 8. The molecule has 3 aromatic heterocycles. The van der Waals surface area contributed by atoms with Crippen LogP contribution in [0.5, 0.6) is 23.3 Å². The number of benzene rings is 1. The average Bonchev–Trinajstić information content (AvgIpc) is 2.81. The number of hydrogen-bond donors (Lipinski definition) is 0. The van der Waals surface area contributed by atoms with Crippen LogP contribution in [0.4, 0.5) is 5.69 Å². The van der Waals surface area contributed by atoms with Crippen molar-refractivity contribution in [1.29, 1.82) is 5.26 Å². The van der Waals surface area contributed by atoms with Gasteiger partial charge in [0.1, 0.15) is 11.8 Å². The summed E-state index contributed by atoms with van der Waals surface area (Å²) in [4.78, 5) is 17.1. The number of nitrogens with zero attached hydrogens (tertiary/aromatic N) is 5. The number of nitriles is 1. The molecular weight excluding hydrogens is 386 g/mol. The van der Waals surface area contributed by atoms with Crippen LogP contribution in [0.25, 0.3) is 37.6 Å².